The number of nitrogens with zero attached hydrogens (tertiary/aromatic N) is 3. The molecule has 152 valence electrons. The van der Waals surface area contributed by atoms with E-state index in [2.05, 4.69) is 15.5 Å². The Morgan fingerprint density at radius 3 is 2.48 bits per heavy atom. The van der Waals surface area contributed by atoms with Gasteiger partial charge in [-0.2, -0.15) is 0 Å². The van der Waals surface area contributed by atoms with E-state index in [9.17, 15) is 17.6 Å². The lowest BCUT2D eigenvalue weighted by Gasteiger charge is -2.09. The third kappa shape index (κ3) is 5.21. The van der Waals surface area contributed by atoms with Gasteiger partial charge >= 0.3 is 0 Å². The lowest BCUT2D eigenvalue weighted by Crippen LogP contribution is -2.16. The lowest BCUT2D eigenvalue weighted by atomic mass is 10.3. The molecule has 0 aliphatic rings. The Hall–Kier alpha value is -2.72. The normalized spacial score (nSPS) is 11.4. The molecule has 0 radical (unpaired) electrons. The zero-order valence-electron chi connectivity index (χ0n) is 15.6. The number of carbonyl (C=O) groups is 1. The molecule has 0 bridgehead atoms. The van der Waals surface area contributed by atoms with Crippen molar-refractivity contribution in [2.45, 2.75) is 29.3 Å². The molecule has 0 saturated carbocycles. The van der Waals surface area contributed by atoms with Crippen LogP contribution in [0.2, 0.25) is 0 Å². The number of thioether (sulfide) groups is 1. The second kappa shape index (κ2) is 9.19. The van der Waals surface area contributed by atoms with Crippen molar-refractivity contribution in [3.05, 3.63) is 66.2 Å². The van der Waals surface area contributed by atoms with Crippen molar-refractivity contribution >= 4 is 33.2 Å². The summed E-state index contributed by atoms with van der Waals surface area (Å²) in [5.74, 6) is -0.925. The minimum atomic E-state index is -3.56. The fourth-order valence-electron chi connectivity index (χ4n) is 2.61. The number of sulfone groups is 1. The highest BCUT2D eigenvalue weighted by Crippen LogP contribution is 2.21. The lowest BCUT2D eigenvalue weighted by molar-refractivity contribution is -0.113. The number of carbonyl (C=O) groups excluding carboxylic acids is 1. The van der Waals surface area contributed by atoms with E-state index < -0.39 is 21.6 Å². The molecule has 0 spiro atoms. The number of amides is 1. The Morgan fingerprint density at radius 1 is 1.10 bits per heavy atom. The molecule has 0 saturated heterocycles. The van der Waals surface area contributed by atoms with Gasteiger partial charge < -0.3 is 9.88 Å². The molecule has 1 amide bonds. The molecular weight excluding hydrogens is 415 g/mol. The second-order valence-electron chi connectivity index (χ2n) is 6.03. The maximum Gasteiger partial charge on any atom is 0.234 e. The van der Waals surface area contributed by atoms with E-state index in [1.54, 1.807) is 28.8 Å². The van der Waals surface area contributed by atoms with Crippen molar-refractivity contribution in [1.82, 2.24) is 14.8 Å². The van der Waals surface area contributed by atoms with E-state index in [0.29, 0.717) is 17.5 Å². The van der Waals surface area contributed by atoms with Crippen LogP contribution in [0.4, 0.5) is 10.1 Å². The van der Waals surface area contributed by atoms with Crippen molar-refractivity contribution < 1.29 is 17.6 Å². The molecule has 10 heteroatoms. The number of anilines is 1. The summed E-state index contributed by atoms with van der Waals surface area (Å²) >= 11 is 1.11. The maximum absolute atomic E-state index is 13.6. The molecule has 0 fully saturated rings. The topological polar surface area (TPSA) is 93.9 Å². The largest absolute Gasteiger partial charge is 0.323 e. The smallest absolute Gasteiger partial charge is 0.234 e. The summed E-state index contributed by atoms with van der Waals surface area (Å²) in [6, 6.07) is 14.0. The minimum absolute atomic E-state index is 0.0160. The first kappa shape index (κ1) is 21.0. The highest BCUT2D eigenvalue weighted by molar-refractivity contribution is 7.99. The van der Waals surface area contributed by atoms with Crippen LogP contribution in [0.15, 0.2) is 64.6 Å². The number of halogens is 1. The molecule has 1 N–H and O–H groups in total. The molecule has 0 aliphatic heterocycles. The highest BCUT2D eigenvalue weighted by atomic mass is 32.2. The molecule has 0 aliphatic carbocycles. The van der Waals surface area contributed by atoms with Crippen LogP contribution in [0, 0.1) is 5.82 Å². The zero-order valence-corrected chi connectivity index (χ0v) is 17.2. The first-order chi connectivity index (χ1) is 13.9. The molecule has 2 aromatic carbocycles. The predicted octanol–water partition coefficient (Wildman–Crippen LogP) is 3.14. The van der Waals surface area contributed by atoms with E-state index >= 15 is 0 Å². The number of aromatic nitrogens is 3. The van der Waals surface area contributed by atoms with Crippen LogP contribution in [-0.4, -0.2) is 34.8 Å². The summed E-state index contributed by atoms with van der Waals surface area (Å²) in [5.41, 5.74) is 0.102. The molecule has 1 heterocycles. The summed E-state index contributed by atoms with van der Waals surface area (Å²) in [6.07, 6.45) is 0. The number of hydrogen-bond acceptors (Lipinski definition) is 6. The molecule has 1 aromatic heterocycles. The average molecular weight is 435 g/mol. The Balaban J connectivity index is 1.68. The van der Waals surface area contributed by atoms with Gasteiger partial charge in [-0.3, -0.25) is 4.79 Å². The molecular formula is C19H19FN4O3S2. The fraction of sp³-hybridized carbons (Fsp3) is 0.211. The molecule has 0 unspecified atom stereocenters. The van der Waals surface area contributed by atoms with E-state index in [-0.39, 0.29) is 22.1 Å². The van der Waals surface area contributed by atoms with Crippen molar-refractivity contribution in [3.63, 3.8) is 0 Å². The summed E-state index contributed by atoms with van der Waals surface area (Å²) in [6.45, 7) is 2.29. The molecule has 3 aromatic rings. The van der Waals surface area contributed by atoms with Gasteiger partial charge in [0.2, 0.25) is 5.91 Å². The summed E-state index contributed by atoms with van der Waals surface area (Å²) in [4.78, 5) is 12.3. The van der Waals surface area contributed by atoms with Crippen LogP contribution >= 0.6 is 11.8 Å². The standard InChI is InChI=1S/C19H19FN4O3S2/c1-2-24-17(13-29(26,27)14-8-4-3-5-9-14)22-23-19(24)28-12-18(25)21-16-11-7-6-10-15(16)20/h3-11H,2,12-13H2,1H3,(H,21,25). The first-order valence-corrected chi connectivity index (χ1v) is 11.4. The first-order valence-electron chi connectivity index (χ1n) is 8.77. The van der Waals surface area contributed by atoms with Gasteiger partial charge in [0.25, 0.3) is 0 Å². The molecule has 0 atom stereocenters. The van der Waals surface area contributed by atoms with Gasteiger partial charge in [0.05, 0.1) is 16.3 Å². The molecule has 29 heavy (non-hydrogen) atoms. The minimum Gasteiger partial charge on any atom is -0.323 e. The van der Waals surface area contributed by atoms with E-state index in [1.807, 2.05) is 6.92 Å². The van der Waals surface area contributed by atoms with Gasteiger partial charge in [0.1, 0.15) is 17.4 Å². The van der Waals surface area contributed by atoms with Crippen molar-refractivity contribution in [2.24, 2.45) is 0 Å². The van der Waals surface area contributed by atoms with Gasteiger partial charge in [-0.15, -0.1) is 10.2 Å². The summed E-state index contributed by atoms with van der Waals surface area (Å²) in [7, 11) is -3.56. The van der Waals surface area contributed by atoms with E-state index in [4.69, 9.17) is 0 Å². The monoisotopic (exact) mass is 434 g/mol. The predicted molar refractivity (Wildman–Crippen MR) is 109 cm³/mol. The highest BCUT2D eigenvalue weighted by Gasteiger charge is 2.21. The van der Waals surface area contributed by atoms with Crippen molar-refractivity contribution in [1.29, 1.82) is 0 Å². The number of para-hydroxylation sites is 1. The van der Waals surface area contributed by atoms with Crippen LogP contribution in [0.5, 0.6) is 0 Å². The van der Waals surface area contributed by atoms with Crippen LogP contribution in [0.25, 0.3) is 0 Å². The Bertz CT molecular complexity index is 1100. The van der Waals surface area contributed by atoms with Gasteiger partial charge in [-0.25, -0.2) is 12.8 Å². The van der Waals surface area contributed by atoms with Crippen LogP contribution < -0.4 is 5.32 Å². The maximum atomic E-state index is 13.6. The van der Waals surface area contributed by atoms with Crippen LogP contribution in [0.1, 0.15) is 12.7 Å². The SMILES string of the molecule is CCn1c(CS(=O)(=O)c2ccccc2)nnc1SCC(=O)Nc1ccccc1F. The number of rotatable bonds is 8. The fourth-order valence-corrected chi connectivity index (χ4v) is 4.72. The third-order valence-corrected chi connectivity index (χ3v) is 6.61. The van der Waals surface area contributed by atoms with Gasteiger partial charge in [0, 0.05) is 6.54 Å². The van der Waals surface area contributed by atoms with Crippen LogP contribution in [0.3, 0.4) is 0 Å². The Labute approximate surface area is 172 Å². The average Bonchev–Trinajstić information content (AvgIpc) is 3.09. The Morgan fingerprint density at radius 2 is 1.79 bits per heavy atom. The van der Waals surface area contributed by atoms with E-state index in [1.165, 1.54) is 30.3 Å². The summed E-state index contributed by atoms with van der Waals surface area (Å²) < 4.78 is 40.5. The van der Waals surface area contributed by atoms with Crippen molar-refractivity contribution in [3.8, 4) is 0 Å². The second-order valence-corrected chi connectivity index (χ2v) is 8.96. The van der Waals surface area contributed by atoms with Gasteiger partial charge in [0.15, 0.2) is 15.0 Å². The van der Waals surface area contributed by atoms with Gasteiger partial charge in [-0.1, -0.05) is 42.1 Å². The molecule has 3 rings (SSSR count). The quantitative estimate of drug-likeness (QED) is 0.548. The van der Waals surface area contributed by atoms with Crippen molar-refractivity contribution in [2.75, 3.05) is 11.1 Å². The summed E-state index contributed by atoms with van der Waals surface area (Å²) in [5, 5.41) is 10.9. The zero-order chi connectivity index (χ0) is 20.9. The number of nitrogens with one attached hydrogen (secondary N) is 1. The number of hydrogen-bond donors (Lipinski definition) is 1. The Kier molecular flexibility index (Phi) is 6.65. The number of benzene rings is 2. The van der Waals surface area contributed by atoms with E-state index in [0.717, 1.165) is 11.8 Å². The van der Waals surface area contributed by atoms with Gasteiger partial charge in [-0.05, 0) is 31.2 Å². The molecule has 7 nitrogen and oxygen atoms in total. The third-order valence-electron chi connectivity index (χ3n) is 4.01. The van der Waals surface area contributed by atoms with Crippen LogP contribution in [-0.2, 0) is 26.9 Å².